The first-order valence-electron chi connectivity index (χ1n) is 8.48. The van der Waals surface area contributed by atoms with E-state index in [9.17, 15) is 14.4 Å². The van der Waals surface area contributed by atoms with Crippen LogP contribution in [0.25, 0.3) is 11.0 Å². The molecule has 0 saturated heterocycles. The molecule has 138 valence electrons. The van der Waals surface area contributed by atoms with Crippen LogP contribution in [0.3, 0.4) is 0 Å². The van der Waals surface area contributed by atoms with Gasteiger partial charge in [-0.2, -0.15) is 0 Å². The number of nitrogens with one attached hydrogen (secondary N) is 3. The Morgan fingerprint density at radius 1 is 1.22 bits per heavy atom. The molecule has 0 bridgehead atoms. The van der Waals surface area contributed by atoms with Crippen LogP contribution < -0.4 is 21.1 Å². The van der Waals surface area contributed by atoms with Gasteiger partial charge < -0.3 is 20.4 Å². The van der Waals surface area contributed by atoms with E-state index in [2.05, 4.69) is 15.6 Å². The standard InChI is InChI=1S/C19H18N4O4/c1-10(11-4-6-16-14(7-11)21-17(24)9-27-16)20-18(25)12-3-5-15-13(8-12)22-19(26)23(15)2/h3-8,10H,9H2,1-2H3,(H,20,25)(H,21,24)(H,22,26). The van der Waals surface area contributed by atoms with E-state index in [-0.39, 0.29) is 30.2 Å². The molecule has 3 aromatic rings. The van der Waals surface area contributed by atoms with Crippen LogP contribution in [0.15, 0.2) is 41.2 Å². The van der Waals surface area contributed by atoms with Gasteiger partial charge >= 0.3 is 5.69 Å². The number of ether oxygens (including phenoxy) is 1. The molecule has 2 amide bonds. The van der Waals surface area contributed by atoms with Gasteiger partial charge in [-0.15, -0.1) is 0 Å². The first-order valence-corrected chi connectivity index (χ1v) is 8.48. The number of aromatic nitrogens is 2. The zero-order chi connectivity index (χ0) is 19.1. The molecular weight excluding hydrogens is 348 g/mol. The zero-order valence-corrected chi connectivity index (χ0v) is 14.8. The lowest BCUT2D eigenvalue weighted by atomic mass is 10.1. The lowest BCUT2D eigenvalue weighted by Gasteiger charge is -2.21. The van der Waals surface area contributed by atoms with Gasteiger partial charge in [-0.05, 0) is 42.8 Å². The lowest BCUT2D eigenvalue weighted by molar-refractivity contribution is -0.118. The number of benzene rings is 2. The quantitative estimate of drug-likeness (QED) is 0.656. The number of carbonyl (C=O) groups excluding carboxylic acids is 2. The molecule has 3 N–H and O–H groups in total. The number of carbonyl (C=O) groups is 2. The number of rotatable bonds is 3. The summed E-state index contributed by atoms with van der Waals surface area (Å²) in [5, 5.41) is 5.68. The van der Waals surface area contributed by atoms with E-state index in [1.807, 2.05) is 13.0 Å². The maximum atomic E-state index is 12.6. The van der Waals surface area contributed by atoms with Gasteiger partial charge in [0.2, 0.25) is 0 Å². The normalized spacial score (nSPS) is 14.2. The van der Waals surface area contributed by atoms with Crippen LogP contribution in [-0.2, 0) is 11.8 Å². The number of amides is 2. The fraction of sp³-hybridized carbons (Fsp3) is 0.211. The molecule has 8 nitrogen and oxygen atoms in total. The number of aromatic amines is 1. The second kappa shape index (κ2) is 6.31. The second-order valence-corrected chi connectivity index (χ2v) is 6.51. The first kappa shape index (κ1) is 16.9. The monoisotopic (exact) mass is 366 g/mol. The minimum absolute atomic E-state index is 0.00267. The van der Waals surface area contributed by atoms with Gasteiger partial charge in [-0.25, -0.2) is 4.79 Å². The Labute approximate surface area is 154 Å². The summed E-state index contributed by atoms with van der Waals surface area (Å²) in [5.74, 6) is 0.143. The Hall–Kier alpha value is -3.55. The summed E-state index contributed by atoms with van der Waals surface area (Å²) in [6.07, 6.45) is 0. The van der Waals surface area contributed by atoms with E-state index in [4.69, 9.17) is 4.74 Å². The molecule has 0 spiro atoms. The fourth-order valence-corrected chi connectivity index (χ4v) is 3.11. The molecule has 4 rings (SSSR count). The number of aryl methyl sites for hydroxylation is 1. The number of nitrogens with zero attached hydrogens (tertiary/aromatic N) is 1. The van der Waals surface area contributed by atoms with Crippen LogP contribution in [-0.4, -0.2) is 28.0 Å². The van der Waals surface area contributed by atoms with Crippen LogP contribution >= 0.6 is 0 Å². The summed E-state index contributed by atoms with van der Waals surface area (Å²) in [6.45, 7) is 1.86. The highest BCUT2D eigenvalue weighted by molar-refractivity contribution is 5.98. The number of imidazole rings is 1. The van der Waals surface area contributed by atoms with E-state index in [0.29, 0.717) is 22.5 Å². The van der Waals surface area contributed by atoms with E-state index >= 15 is 0 Å². The van der Waals surface area contributed by atoms with Crippen molar-refractivity contribution in [2.45, 2.75) is 13.0 Å². The van der Waals surface area contributed by atoms with Crippen molar-refractivity contribution >= 4 is 28.5 Å². The van der Waals surface area contributed by atoms with E-state index in [0.717, 1.165) is 11.1 Å². The molecule has 0 aliphatic carbocycles. The third kappa shape index (κ3) is 3.05. The largest absolute Gasteiger partial charge is 0.482 e. The highest BCUT2D eigenvalue weighted by Gasteiger charge is 2.19. The number of fused-ring (bicyclic) bond motifs is 2. The maximum absolute atomic E-state index is 12.6. The van der Waals surface area contributed by atoms with Crippen molar-refractivity contribution in [3.05, 3.63) is 58.0 Å². The van der Waals surface area contributed by atoms with Gasteiger partial charge in [-0.3, -0.25) is 14.2 Å². The average Bonchev–Trinajstić information content (AvgIpc) is 2.94. The van der Waals surface area contributed by atoms with Crippen LogP contribution in [0.1, 0.15) is 28.9 Å². The predicted molar refractivity (Wildman–Crippen MR) is 100.0 cm³/mol. The molecule has 1 atom stereocenters. The van der Waals surface area contributed by atoms with Crippen molar-refractivity contribution < 1.29 is 14.3 Å². The van der Waals surface area contributed by atoms with Crippen molar-refractivity contribution in [2.24, 2.45) is 7.05 Å². The molecule has 2 heterocycles. The molecule has 0 radical (unpaired) electrons. The fourth-order valence-electron chi connectivity index (χ4n) is 3.11. The number of anilines is 1. The number of hydrogen-bond acceptors (Lipinski definition) is 4. The Bertz CT molecular complexity index is 1130. The van der Waals surface area contributed by atoms with E-state index in [1.165, 1.54) is 4.57 Å². The van der Waals surface area contributed by atoms with Gasteiger partial charge in [0.25, 0.3) is 11.8 Å². The second-order valence-electron chi connectivity index (χ2n) is 6.51. The summed E-state index contributed by atoms with van der Waals surface area (Å²) in [5.41, 5.74) is 2.99. The summed E-state index contributed by atoms with van der Waals surface area (Å²) in [6, 6.07) is 10.2. The van der Waals surface area contributed by atoms with Crippen molar-refractivity contribution in [2.75, 3.05) is 11.9 Å². The smallest absolute Gasteiger partial charge is 0.326 e. The van der Waals surface area contributed by atoms with Crippen molar-refractivity contribution in [3.8, 4) is 5.75 Å². The summed E-state index contributed by atoms with van der Waals surface area (Å²) in [4.78, 5) is 38.5. The van der Waals surface area contributed by atoms with Gasteiger partial charge in [0.1, 0.15) is 5.75 Å². The third-order valence-electron chi connectivity index (χ3n) is 4.65. The van der Waals surface area contributed by atoms with Crippen LogP contribution in [0.5, 0.6) is 5.75 Å². The summed E-state index contributed by atoms with van der Waals surface area (Å²) >= 11 is 0. The van der Waals surface area contributed by atoms with E-state index < -0.39 is 0 Å². The van der Waals surface area contributed by atoms with Gasteiger partial charge in [-0.1, -0.05) is 6.07 Å². The molecular formula is C19H18N4O4. The molecule has 0 saturated carbocycles. The molecule has 27 heavy (non-hydrogen) atoms. The highest BCUT2D eigenvalue weighted by atomic mass is 16.5. The first-order chi connectivity index (χ1) is 12.9. The highest BCUT2D eigenvalue weighted by Crippen LogP contribution is 2.30. The zero-order valence-electron chi connectivity index (χ0n) is 14.8. The van der Waals surface area contributed by atoms with Gasteiger partial charge in [0, 0.05) is 12.6 Å². The minimum Gasteiger partial charge on any atom is -0.482 e. The summed E-state index contributed by atoms with van der Waals surface area (Å²) in [7, 11) is 1.67. The number of hydrogen-bond donors (Lipinski definition) is 3. The molecule has 0 fully saturated rings. The van der Waals surface area contributed by atoms with Crippen LogP contribution in [0.2, 0.25) is 0 Å². The van der Waals surface area contributed by atoms with Gasteiger partial charge in [0.15, 0.2) is 6.61 Å². The molecule has 1 aromatic heterocycles. The molecule has 1 aliphatic heterocycles. The Morgan fingerprint density at radius 3 is 2.85 bits per heavy atom. The predicted octanol–water partition coefficient (Wildman–Crippen LogP) is 1.69. The van der Waals surface area contributed by atoms with Crippen molar-refractivity contribution in [1.82, 2.24) is 14.9 Å². The molecule has 1 unspecified atom stereocenters. The van der Waals surface area contributed by atoms with Crippen LogP contribution in [0, 0.1) is 0 Å². The molecule has 1 aliphatic rings. The Morgan fingerprint density at radius 2 is 2.04 bits per heavy atom. The topological polar surface area (TPSA) is 105 Å². The SMILES string of the molecule is CC(NC(=O)c1ccc2c(c1)[nH]c(=O)n2C)c1ccc2c(c1)NC(=O)CO2. The number of H-pyrrole nitrogens is 1. The lowest BCUT2D eigenvalue weighted by Crippen LogP contribution is -2.28. The summed E-state index contributed by atoms with van der Waals surface area (Å²) < 4.78 is 6.83. The van der Waals surface area contributed by atoms with Crippen molar-refractivity contribution in [1.29, 1.82) is 0 Å². The van der Waals surface area contributed by atoms with Crippen molar-refractivity contribution in [3.63, 3.8) is 0 Å². The van der Waals surface area contributed by atoms with E-state index in [1.54, 1.807) is 37.4 Å². The third-order valence-corrected chi connectivity index (χ3v) is 4.65. The molecule has 8 heteroatoms. The van der Waals surface area contributed by atoms with Crippen LogP contribution in [0.4, 0.5) is 5.69 Å². The maximum Gasteiger partial charge on any atom is 0.326 e. The minimum atomic E-state index is -0.285. The van der Waals surface area contributed by atoms with Gasteiger partial charge in [0.05, 0.1) is 22.8 Å². The molecule has 2 aromatic carbocycles. The Balaban J connectivity index is 1.55. The average molecular weight is 366 g/mol. The Kier molecular flexibility index (Phi) is 3.95.